The van der Waals surface area contributed by atoms with Crippen molar-refractivity contribution in [2.24, 2.45) is 0 Å². The van der Waals surface area contributed by atoms with Gasteiger partial charge in [-0.3, -0.25) is 0 Å². The molecule has 0 bridgehead atoms. The number of aromatic nitrogens is 2. The van der Waals surface area contributed by atoms with Crippen molar-refractivity contribution in [3.8, 4) is 17.1 Å². The highest BCUT2D eigenvalue weighted by Crippen LogP contribution is 2.34. The van der Waals surface area contributed by atoms with Crippen molar-refractivity contribution < 1.29 is 9.13 Å². The van der Waals surface area contributed by atoms with E-state index < -0.39 is 5.82 Å². The molecule has 0 aliphatic carbocycles. The summed E-state index contributed by atoms with van der Waals surface area (Å²) in [4.78, 5) is 7.82. The van der Waals surface area contributed by atoms with Gasteiger partial charge in [-0.15, -0.1) is 0 Å². The zero-order valence-corrected chi connectivity index (χ0v) is 10.8. The molecule has 2 aromatic rings. The Labute approximate surface area is 113 Å². The van der Waals surface area contributed by atoms with Crippen molar-refractivity contribution in [2.75, 3.05) is 12.8 Å². The fourth-order valence-electron chi connectivity index (χ4n) is 1.40. The Balaban J connectivity index is 2.60. The molecule has 0 spiro atoms. The second kappa shape index (κ2) is 4.96. The molecule has 0 fully saturated rings. The maximum Gasteiger partial charge on any atom is 0.177 e. The van der Waals surface area contributed by atoms with Gasteiger partial charge in [0.2, 0.25) is 0 Å². The molecular weight excluding hydrogens is 280 g/mol. The number of halogens is 3. The monoisotopic (exact) mass is 287 g/mol. The summed E-state index contributed by atoms with van der Waals surface area (Å²) in [7, 11) is 1.32. The minimum atomic E-state index is -0.647. The molecule has 0 saturated carbocycles. The number of benzene rings is 1. The van der Waals surface area contributed by atoms with E-state index in [0.29, 0.717) is 0 Å². The number of nitrogen functional groups attached to an aromatic ring is 1. The van der Waals surface area contributed by atoms with Gasteiger partial charge in [0.05, 0.1) is 23.9 Å². The highest BCUT2D eigenvalue weighted by molar-refractivity contribution is 6.32. The Bertz CT molecular complexity index is 607. The van der Waals surface area contributed by atoms with Crippen LogP contribution in [-0.4, -0.2) is 17.1 Å². The Hall–Kier alpha value is -1.59. The highest BCUT2D eigenvalue weighted by atomic mass is 35.5. The molecular formula is C11H8Cl2FN3O. The largest absolute Gasteiger partial charge is 0.492 e. The Kier molecular flexibility index (Phi) is 3.54. The lowest BCUT2D eigenvalue weighted by Gasteiger charge is -2.08. The standard InChI is InChI=1S/C11H8Cl2FN3O/c1-18-9-6(12)3-2-5(8(9)14)11-16-4-7(13)10(15)17-11/h2-4H,1H3,(H2,15,16,17). The van der Waals surface area contributed by atoms with Gasteiger partial charge in [-0.05, 0) is 12.1 Å². The van der Waals surface area contributed by atoms with Crippen molar-refractivity contribution in [1.29, 1.82) is 0 Å². The van der Waals surface area contributed by atoms with Gasteiger partial charge >= 0.3 is 0 Å². The fraction of sp³-hybridized carbons (Fsp3) is 0.0909. The van der Waals surface area contributed by atoms with Crippen LogP contribution in [0.15, 0.2) is 18.3 Å². The summed E-state index contributed by atoms with van der Waals surface area (Å²) in [5, 5.41) is 0.376. The Morgan fingerprint density at radius 2 is 2.00 bits per heavy atom. The molecule has 1 heterocycles. The summed E-state index contributed by atoms with van der Waals surface area (Å²) in [5.41, 5.74) is 5.68. The number of hydrogen-bond acceptors (Lipinski definition) is 4. The van der Waals surface area contributed by atoms with E-state index in [4.69, 9.17) is 33.7 Å². The second-order valence-electron chi connectivity index (χ2n) is 3.37. The molecule has 0 radical (unpaired) electrons. The van der Waals surface area contributed by atoms with Crippen LogP contribution < -0.4 is 10.5 Å². The van der Waals surface area contributed by atoms with E-state index in [-0.39, 0.29) is 33.0 Å². The number of ether oxygens (including phenoxy) is 1. The van der Waals surface area contributed by atoms with Gasteiger partial charge in [0.25, 0.3) is 0 Å². The van der Waals surface area contributed by atoms with Gasteiger partial charge in [-0.2, -0.15) is 0 Å². The van der Waals surface area contributed by atoms with E-state index in [9.17, 15) is 4.39 Å². The molecule has 4 nitrogen and oxygen atoms in total. The van der Waals surface area contributed by atoms with Crippen LogP contribution in [0.5, 0.6) is 5.75 Å². The molecule has 0 aliphatic heterocycles. The van der Waals surface area contributed by atoms with Crippen LogP contribution in [-0.2, 0) is 0 Å². The third kappa shape index (κ3) is 2.19. The number of hydrogen-bond donors (Lipinski definition) is 1. The van der Waals surface area contributed by atoms with E-state index in [1.165, 1.54) is 25.4 Å². The topological polar surface area (TPSA) is 61.0 Å². The molecule has 18 heavy (non-hydrogen) atoms. The van der Waals surface area contributed by atoms with Crippen molar-refractivity contribution >= 4 is 29.0 Å². The third-order valence-corrected chi connectivity index (χ3v) is 2.85. The van der Waals surface area contributed by atoms with Crippen molar-refractivity contribution in [3.63, 3.8) is 0 Å². The number of methoxy groups -OCH3 is 1. The predicted molar refractivity (Wildman–Crippen MR) is 68.4 cm³/mol. The summed E-state index contributed by atoms with van der Waals surface area (Å²) in [6, 6.07) is 2.94. The first kappa shape index (κ1) is 12.9. The first-order valence-corrected chi connectivity index (χ1v) is 5.60. The zero-order chi connectivity index (χ0) is 13.3. The highest BCUT2D eigenvalue weighted by Gasteiger charge is 2.16. The van der Waals surface area contributed by atoms with Crippen LogP contribution in [0, 0.1) is 5.82 Å². The molecule has 7 heteroatoms. The SMILES string of the molecule is COc1c(Cl)ccc(-c2ncc(Cl)c(N)n2)c1F. The second-order valence-corrected chi connectivity index (χ2v) is 4.18. The molecule has 2 rings (SSSR count). The summed E-state index contributed by atoms with van der Waals surface area (Å²) in [6.45, 7) is 0. The number of nitrogens with two attached hydrogens (primary N) is 1. The number of rotatable bonds is 2. The van der Waals surface area contributed by atoms with Gasteiger partial charge in [0.1, 0.15) is 10.8 Å². The summed E-state index contributed by atoms with van der Waals surface area (Å²) >= 11 is 11.5. The van der Waals surface area contributed by atoms with Gasteiger partial charge < -0.3 is 10.5 Å². The van der Waals surface area contributed by atoms with Crippen molar-refractivity contribution in [1.82, 2.24) is 9.97 Å². The van der Waals surface area contributed by atoms with E-state index in [0.717, 1.165) is 0 Å². The van der Waals surface area contributed by atoms with Crippen molar-refractivity contribution in [3.05, 3.63) is 34.2 Å². The quantitative estimate of drug-likeness (QED) is 0.922. The third-order valence-electron chi connectivity index (χ3n) is 2.27. The van der Waals surface area contributed by atoms with Crippen LogP contribution >= 0.6 is 23.2 Å². The maximum atomic E-state index is 14.1. The summed E-state index contributed by atoms with van der Waals surface area (Å²) in [6.07, 6.45) is 1.31. The number of nitrogens with zero attached hydrogens (tertiary/aromatic N) is 2. The minimum Gasteiger partial charge on any atom is -0.492 e. The molecule has 0 unspecified atom stereocenters. The minimum absolute atomic E-state index is 0.0636. The molecule has 0 amide bonds. The smallest absolute Gasteiger partial charge is 0.177 e. The zero-order valence-electron chi connectivity index (χ0n) is 9.25. The Morgan fingerprint density at radius 1 is 1.28 bits per heavy atom. The first-order chi connectivity index (χ1) is 8.54. The summed E-state index contributed by atoms with van der Waals surface area (Å²) in [5.74, 6) is -0.516. The van der Waals surface area contributed by atoms with Gasteiger partial charge in [0.15, 0.2) is 17.4 Å². The average molecular weight is 288 g/mol. The van der Waals surface area contributed by atoms with E-state index in [1.54, 1.807) is 0 Å². The molecule has 0 aliphatic rings. The van der Waals surface area contributed by atoms with Gasteiger partial charge in [0, 0.05) is 0 Å². The number of anilines is 1. The lowest BCUT2D eigenvalue weighted by molar-refractivity contribution is 0.387. The first-order valence-electron chi connectivity index (χ1n) is 4.85. The average Bonchev–Trinajstić information content (AvgIpc) is 2.34. The van der Waals surface area contributed by atoms with E-state index >= 15 is 0 Å². The van der Waals surface area contributed by atoms with E-state index in [1.807, 2.05) is 0 Å². The van der Waals surface area contributed by atoms with Crippen LogP contribution in [0.2, 0.25) is 10.0 Å². The van der Waals surface area contributed by atoms with Crippen LogP contribution in [0.25, 0.3) is 11.4 Å². The Morgan fingerprint density at radius 3 is 2.61 bits per heavy atom. The molecule has 94 valence electrons. The predicted octanol–water partition coefficient (Wildman–Crippen LogP) is 3.18. The van der Waals surface area contributed by atoms with E-state index in [2.05, 4.69) is 9.97 Å². The lowest BCUT2D eigenvalue weighted by Crippen LogP contribution is -1.99. The van der Waals surface area contributed by atoms with Gasteiger partial charge in [-0.25, -0.2) is 14.4 Å². The van der Waals surface area contributed by atoms with Crippen LogP contribution in [0.3, 0.4) is 0 Å². The lowest BCUT2D eigenvalue weighted by atomic mass is 10.2. The maximum absolute atomic E-state index is 14.1. The molecule has 1 aromatic carbocycles. The fourth-order valence-corrected chi connectivity index (χ4v) is 1.72. The molecule has 1 aromatic heterocycles. The van der Waals surface area contributed by atoms with Gasteiger partial charge in [-0.1, -0.05) is 23.2 Å². The molecule has 2 N–H and O–H groups in total. The molecule has 0 atom stereocenters. The van der Waals surface area contributed by atoms with Crippen LogP contribution in [0.4, 0.5) is 10.2 Å². The van der Waals surface area contributed by atoms with Crippen molar-refractivity contribution in [2.45, 2.75) is 0 Å². The molecule has 0 saturated heterocycles. The van der Waals surface area contributed by atoms with Crippen LogP contribution in [0.1, 0.15) is 0 Å². The summed E-state index contributed by atoms with van der Waals surface area (Å²) < 4.78 is 19.0. The normalized spacial score (nSPS) is 10.4.